The first-order chi connectivity index (χ1) is 8.33. The van der Waals surface area contributed by atoms with Gasteiger partial charge < -0.3 is 0 Å². The fourth-order valence-electron chi connectivity index (χ4n) is 2.33. The average molecular weight is 227 g/mol. The minimum Gasteiger partial charge on any atom is -0.196 e. The molecule has 0 fully saturated rings. The van der Waals surface area contributed by atoms with Crippen molar-refractivity contribution in [2.24, 2.45) is 5.11 Å². The van der Waals surface area contributed by atoms with Crippen molar-refractivity contribution in [3.05, 3.63) is 46.1 Å². The van der Waals surface area contributed by atoms with Crippen molar-refractivity contribution in [2.45, 2.75) is 18.9 Å². The summed E-state index contributed by atoms with van der Waals surface area (Å²) in [4.78, 5) is 2.95. The van der Waals surface area contributed by atoms with Gasteiger partial charge in [-0.3, -0.25) is 0 Å². The van der Waals surface area contributed by atoms with Crippen LogP contribution in [0.25, 0.3) is 16.1 Å². The lowest BCUT2D eigenvalue weighted by molar-refractivity contribution is 0.498. The number of para-hydroxylation sites is 1. The Morgan fingerprint density at radius 2 is 2.29 bits per heavy atom. The number of nitrogens with zero attached hydrogens (tertiary/aromatic N) is 7. The van der Waals surface area contributed by atoms with Gasteiger partial charge >= 0.3 is 0 Å². The molecule has 0 saturated carbocycles. The molecule has 3 rings (SSSR count). The van der Waals surface area contributed by atoms with Crippen LogP contribution in [0.15, 0.2) is 29.4 Å². The van der Waals surface area contributed by atoms with E-state index in [4.69, 9.17) is 5.53 Å². The van der Waals surface area contributed by atoms with Crippen LogP contribution in [-0.2, 0) is 5.54 Å². The number of azide groups is 1. The molecule has 0 N–H and O–H groups in total. The Hall–Kier alpha value is -2.40. The number of tetrazole rings is 1. The molecule has 1 aliphatic rings. The number of aromatic nitrogens is 4. The highest BCUT2D eigenvalue weighted by atomic mass is 15.6. The van der Waals surface area contributed by atoms with Gasteiger partial charge in [-0.05, 0) is 34.0 Å². The topological polar surface area (TPSA) is 92.4 Å². The van der Waals surface area contributed by atoms with Crippen LogP contribution >= 0.6 is 0 Å². The molecule has 2 heterocycles. The minimum atomic E-state index is -0.783. The molecule has 1 unspecified atom stereocenters. The van der Waals surface area contributed by atoms with Gasteiger partial charge in [0.25, 0.3) is 0 Å². The highest BCUT2D eigenvalue weighted by molar-refractivity contribution is 5.54. The first-order valence-corrected chi connectivity index (χ1v) is 5.28. The first-order valence-electron chi connectivity index (χ1n) is 5.28. The Morgan fingerprint density at radius 3 is 3.06 bits per heavy atom. The molecule has 0 saturated heterocycles. The molecule has 2 aromatic rings. The largest absolute Gasteiger partial charge is 0.196 e. The van der Waals surface area contributed by atoms with E-state index in [0.717, 1.165) is 11.3 Å². The summed E-state index contributed by atoms with van der Waals surface area (Å²) in [6.45, 7) is 1.95. The van der Waals surface area contributed by atoms with Gasteiger partial charge in [-0.25, -0.2) is 0 Å². The second-order valence-electron chi connectivity index (χ2n) is 3.83. The number of fused-ring (bicyclic) bond motifs is 3. The zero-order chi connectivity index (χ0) is 11.9. The monoisotopic (exact) mass is 227 g/mol. The molecule has 1 aromatic carbocycles. The summed E-state index contributed by atoms with van der Waals surface area (Å²) < 4.78 is 1.63. The maximum atomic E-state index is 8.79. The Kier molecular flexibility index (Phi) is 1.90. The van der Waals surface area contributed by atoms with Crippen molar-refractivity contribution in [3.8, 4) is 5.69 Å². The Morgan fingerprint density at radius 1 is 1.47 bits per heavy atom. The SMILES string of the molecule is CCC1(N=[N+]=[N-])c2ccccc2-n2nnnc21. The molecule has 7 nitrogen and oxygen atoms in total. The summed E-state index contributed by atoms with van der Waals surface area (Å²) in [6.07, 6.45) is 0.619. The molecule has 0 bridgehead atoms. The van der Waals surface area contributed by atoms with Gasteiger partial charge in [0.15, 0.2) is 5.82 Å². The molecular weight excluding hydrogens is 218 g/mol. The van der Waals surface area contributed by atoms with Crippen molar-refractivity contribution < 1.29 is 0 Å². The number of hydrogen-bond donors (Lipinski definition) is 0. The van der Waals surface area contributed by atoms with E-state index in [2.05, 4.69) is 25.6 Å². The van der Waals surface area contributed by atoms with Crippen LogP contribution in [0.2, 0.25) is 0 Å². The standard InChI is InChI=1S/C10H9N7/c1-2-10(13-14-11)7-5-3-4-6-8(7)17-9(10)12-15-16-17/h3-6H,2H2,1H3. The predicted molar refractivity (Wildman–Crippen MR) is 59.4 cm³/mol. The van der Waals surface area contributed by atoms with Gasteiger partial charge in [-0.15, -0.1) is 5.10 Å². The van der Waals surface area contributed by atoms with E-state index in [1.807, 2.05) is 31.2 Å². The zero-order valence-electron chi connectivity index (χ0n) is 9.15. The average Bonchev–Trinajstić information content (AvgIpc) is 2.93. The molecule has 84 valence electrons. The van der Waals surface area contributed by atoms with Crippen LogP contribution in [0.1, 0.15) is 24.7 Å². The normalized spacial score (nSPS) is 20.5. The van der Waals surface area contributed by atoms with Gasteiger partial charge in [0.2, 0.25) is 0 Å². The van der Waals surface area contributed by atoms with Crippen LogP contribution in [0.5, 0.6) is 0 Å². The summed E-state index contributed by atoms with van der Waals surface area (Å²) in [7, 11) is 0. The second-order valence-corrected chi connectivity index (χ2v) is 3.83. The summed E-state index contributed by atoms with van der Waals surface area (Å²) in [5.74, 6) is 0.582. The van der Waals surface area contributed by atoms with Crippen LogP contribution in [-0.4, -0.2) is 20.2 Å². The van der Waals surface area contributed by atoms with E-state index in [9.17, 15) is 0 Å². The predicted octanol–water partition coefficient (Wildman–Crippen LogP) is 1.94. The highest BCUT2D eigenvalue weighted by Crippen LogP contribution is 2.44. The van der Waals surface area contributed by atoms with Crippen molar-refractivity contribution in [1.82, 2.24) is 20.2 Å². The van der Waals surface area contributed by atoms with E-state index in [1.54, 1.807) is 4.68 Å². The molecule has 0 radical (unpaired) electrons. The summed E-state index contributed by atoms with van der Waals surface area (Å²) in [5.41, 5.74) is 9.81. The highest BCUT2D eigenvalue weighted by Gasteiger charge is 2.44. The summed E-state index contributed by atoms with van der Waals surface area (Å²) in [6, 6.07) is 7.67. The second kappa shape index (κ2) is 3.29. The number of benzene rings is 1. The van der Waals surface area contributed by atoms with Crippen molar-refractivity contribution in [2.75, 3.05) is 0 Å². The molecule has 17 heavy (non-hydrogen) atoms. The molecular formula is C10H9N7. The van der Waals surface area contributed by atoms with E-state index in [-0.39, 0.29) is 0 Å². The van der Waals surface area contributed by atoms with Crippen molar-refractivity contribution in [3.63, 3.8) is 0 Å². The maximum Gasteiger partial charge on any atom is 0.173 e. The quantitative estimate of drug-likeness (QED) is 0.445. The van der Waals surface area contributed by atoms with Gasteiger partial charge in [-0.1, -0.05) is 30.2 Å². The number of hydrogen-bond acceptors (Lipinski definition) is 4. The third kappa shape index (κ3) is 1.06. The minimum absolute atomic E-state index is 0.582. The molecule has 1 atom stereocenters. The Balaban J connectivity index is 2.41. The van der Waals surface area contributed by atoms with Crippen LogP contribution in [0.3, 0.4) is 0 Å². The Labute approximate surface area is 96.7 Å². The van der Waals surface area contributed by atoms with Crippen LogP contribution in [0, 0.1) is 0 Å². The molecule has 0 aliphatic carbocycles. The molecule has 0 spiro atoms. The third-order valence-electron chi connectivity index (χ3n) is 3.14. The maximum absolute atomic E-state index is 8.79. The number of rotatable bonds is 2. The first kappa shape index (κ1) is 9.80. The van der Waals surface area contributed by atoms with E-state index in [1.165, 1.54) is 0 Å². The molecule has 0 amide bonds. The van der Waals surface area contributed by atoms with Gasteiger partial charge in [0, 0.05) is 4.91 Å². The van der Waals surface area contributed by atoms with Crippen molar-refractivity contribution in [1.29, 1.82) is 0 Å². The van der Waals surface area contributed by atoms with Crippen molar-refractivity contribution >= 4 is 0 Å². The van der Waals surface area contributed by atoms with Gasteiger partial charge in [-0.2, -0.15) is 4.68 Å². The van der Waals surface area contributed by atoms with Gasteiger partial charge in [0.05, 0.1) is 5.69 Å². The lowest BCUT2D eigenvalue weighted by Gasteiger charge is -2.19. The Bertz CT molecular complexity index is 625. The molecule has 1 aliphatic heterocycles. The van der Waals surface area contributed by atoms with Crippen LogP contribution < -0.4 is 0 Å². The lowest BCUT2D eigenvalue weighted by Crippen LogP contribution is -2.22. The zero-order valence-corrected chi connectivity index (χ0v) is 9.15. The van der Waals surface area contributed by atoms with E-state index in [0.29, 0.717) is 12.2 Å². The molecule has 1 aromatic heterocycles. The summed E-state index contributed by atoms with van der Waals surface area (Å²) >= 11 is 0. The fraction of sp³-hybridized carbons (Fsp3) is 0.300. The van der Waals surface area contributed by atoms with E-state index < -0.39 is 5.54 Å². The third-order valence-corrected chi connectivity index (χ3v) is 3.14. The lowest BCUT2D eigenvalue weighted by atomic mass is 9.89. The van der Waals surface area contributed by atoms with E-state index >= 15 is 0 Å². The summed E-state index contributed by atoms with van der Waals surface area (Å²) in [5, 5.41) is 15.5. The smallest absolute Gasteiger partial charge is 0.173 e. The van der Waals surface area contributed by atoms with Crippen LogP contribution in [0.4, 0.5) is 0 Å². The fourth-order valence-corrected chi connectivity index (χ4v) is 2.33. The molecule has 7 heteroatoms. The van der Waals surface area contributed by atoms with Gasteiger partial charge in [0.1, 0.15) is 5.54 Å².